The number of carbonyl (C=O) groups is 2. The molecular weight excluding hydrogens is 412 g/mol. The van der Waals surface area contributed by atoms with Gasteiger partial charge < -0.3 is 10.2 Å². The number of hydrogen-bond acceptors (Lipinski definition) is 3. The van der Waals surface area contributed by atoms with Gasteiger partial charge in [0.05, 0.1) is 3.79 Å². The van der Waals surface area contributed by atoms with Gasteiger partial charge in [0.25, 0.3) is 0 Å². The molecule has 0 bridgehead atoms. The normalized spacial score (nSPS) is 15.3. The quantitative estimate of drug-likeness (QED) is 0.723. The minimum absolute atomic E-state index is 0.0117. The molecule has 26 heavy (non-hydrogen) atoms. The average Bonchev–Trinajstić information content (AvgIpc) is 3.10. The van der Waals surface area contributed by atoms with Crippen LogP contribution in [0.2, 0.25) is 0 Å². The van der Waals surface area contributed by atoms with Gasteiger partial charge in [-0.05, 0) is 52.5 Å². The maximum absolute atomic E-state index is 12.3. The number of hydrogen-bond donors (Lipinski definition) is 1. The van der Waals surface area contributed by atoms with Crippen LogP contribution in [0.3, 0.4) is 0 Å². The van der Waals surface area contributed by atoms with E-state index in [1.54, 1.807) is 17.4 Å². The Morgan fingerprint density at radius 3 is 2.54 bits per heavy atom. The molecule has 0 aliphatic carbocycles. The van der Waals surface area contributed by atoms with Crippen molar-refractivity contribution < 1.29 is 9.59 Å². The van der Waals surface area contributed by atoms with Crippen LogP contribution < -0.4 is 5.32 Å². The van der Waals surface area contributed by atoms with Crippen molar-refractivity contribution >= 4 is 45.2 Å². The van der Waals surface area contributed by atoms with Crippen molar-refractivity contribution in [1.29, 1.82) is 0 Å². The number of likely N-dealkylation sites (tertiary alicyclic amines) is 1. The van der Waals surface area contributed by atoms with Crippen LogP contribution in [0.5, 0.6) is 0 Å². The lowest BCUT2D eigenvalue weighted by Crippen LogP contribution is -2.42. The van der Waals surface area contributed by atoms with E-state index >= 15 is 0 Å². The highest BCUT2D eigenvalue weighted by Gasteiger charge is 2.26. The molecule has 3 rings (SSSR count). The first kappa shape index (κ1) is 18.9. The van der Waals surface area contributed by atoms with Crippen molar-refractivity contribution in [1.82, 2.24) is 10.2 Å². The van der Waals surface area contributed by atoms with Crippen LogP contribution in [0.15, 0.2) is 52.3 Å². The maximum atomic E-state index is 12.3. The topological polar surface area (TPSA) is 49.4 Å². The molecule has 0 unspecified atom stereocenters. The Kier molecular flexibility index (Phi) is 6.63. The van der Waals surface area contributed by atoms with Crippen LogP contribution in [0.4, 0.5) is 0 Å². The smallest absolute Gasteiger partial charge is 0.246 e. The van der Waals surface area contributed by atoms with Gasteiger partial charge in [-0.2, -0.15) is 0 Å². The van der Waals surface area contributed by atoms with Gasteiger partial charge in [0.2, 0.25) is 11.8 Å². The summed E-state index contributed by atoms with van der Waals surface area (Å²) in [5.41, 5.74) is 1.10. The fourth-order valence-corrected chi connectivity index (χ4v) is 4.29. The zero-order valence-electron chi connectivity index (χ0n) is 14.4. The van der Waals surface area contributed by atoms with Crippen LogP contribution >= 0.6 is 27.3 Å². The number of amides is 2. The second-order valence-corrected chi connectivity index (χ2v) is 8.77. The van der Waals surface area contributed by atoms with Crippen molar-refractivity contribution in [2.45, 2.75) is 19.4 Å². The van der Waals surface area contributed by atoms with Gasteiger partial charge in [-0.15, -0.1) is 11.3 Å². The van der Waals surface area contributed by atoms with Gasteiger partial charge in [-0.3, -0.25) is 9.59 Å². The third kappa shape index (κ3) is 5.29. The van der Waals surface area contributed by atoms with E-state index < -0.39 is 0 Å². The van der Waals surface area contributed by atoms with Gasteiger partial charge >= 0.3 is 0 Å². The summed E-state index contributed by atoms with van der Waals surface area (Å²) in [5.74, 6) is 0.0811. The molecule has 1 aliphatic rings. The van der Waals surface area contributed by atoms with Crippen LogP contribution in [0, 0.1) is 5.92 Å². The molecule has 136 valence electrons. The predicted molar refractivity (Wildman–Crippen MR) is 109 cm³/mol. The third-order valence-corrected chi connectivity index (χ3v) is 6.06. The van der Waals surface area contributed by atoms with E-state index in [0.29, 0.717) is 32.5 Å². The zero-order valence-corrected chi connectivity index (χ0v) is 16.8. The highest BCUT2D eigenvalue weighted by Crippen LogP contribution is 2.23. The second-order valence-electron chi connectivity index (χ2n) is 6.28. The van der Waals surface area contributed by atoms with Crippen molar-refractivity contribution in [2.75, 3.05) is 13.1 Å². The molecule has 1 fully saturated rings. The lowest BCUT2D eigenvalue weighted by molar-refractivity contribution is -0.132. The molecule has 1 saturated heterocycles. The molecule has 1 aromatic carbocycles. The summed E-state index contributed by atoms with van der Waals surface area (Å²) in [6.07, 6.45) is 4.89. The molecule has 1 aliphatic heterocycles. The summed E-state index contributed by atoms with van der Waals surface area (Å²) in [7, 11) is 0. The van der Waals surface area contributed by atoms with E-state index in [-0.39, 0.29) is 17.7 Å². The molecule has 1 N–H and O–H groups in total. The minimum atomic E-state index is -0.0139. The molecule has 0 atom stereocenters. The number of nitrogens with zero attached hydrogens (tertiary/aromatic N) is 1. The number of rotatable bonds is 5. The van der Waals surface area contributed by atoms with E-state index in [2.05, 4.69) is 21.2 Å². The number of carbonyl (C=O) groups excluding carboxylic acids is 2. The lowest BCUT2D eigenvalue weighted by Gasteiger charge is -2.30. The van der Waals surface area contributed by atoms with Crippen molar-refractivity contribution in [3.63, 3.8) is 0 Å². The highest BCUT2D eigenvalue weighted by atomic mass is 79.9. The largest absolute Gasteiger partial charge is 0.352 e. The third-order valence-electron chi connectivity index (χ3n) is 4.47. The monoisotopic (exact) mass is 432 g/mol. The first-order valence-electron chi connectivity index (χ1n) is 8.66. The molecule has 2 heterocycles. The minimum Gasteiger partial charge on any atom is -0.352 e. The SMILES string of the molecule is O=C(NCc1ccccc1)C1CCN(C(=O)/C=C/c2ccc(Br)s2)CC1. The Morgan fingerprint density at radius 1 is 1.15 bits per heavy atom. The zero-order chi connectivity index (χ0) is 18.4. The molecule has 1 aromatic heterocycles. The van der Waals surface area contributed by atoms with Crippen LogP contribution in [0.25, 0.3) is 6.08 Å². The summed E-state index contributed by atoms with van der Waals surface area (Å²) in [6.45, 7) is 1.80. The van der Waals surface area contributed by atoms with E-state index in [1.807, 2.05) is 53.4 Å². The maximum Gasteiger partial charge on any atom is 0.246 e. The van der Waals surface area contributed by atoms with Gasteiger partial charge in [-0.1, -0.05) is 30.3 Å². The molecular formula is C20H21BrN2O2S. The van der Waals surface area contributed by atoms with Crippen molar-refractivity contribution in [2.24, 2.45) is 5.92 Å². The predicted octanol–water partition coefficient (Wildman–Crippen LogP) is 4.08. The Bertz CT molecular complexity index is 780. The second kappa shape index (κ2) is 9.14. The van der Waals surface area contributed by atoms with E-state index in [0.717, 1.165) is 14.2 Å². The Morgan fingerprint density at radius 2 is 1.88 bits per heavy atom. The summed E-state index contributed by atoms with van der Waals surface area (Å²) < 4.78 is 1.05. The number of benzene rings is 1. The summed E-state index contributed by atoms with van der Waals surface area (Å²) in [6, 6.07) is 13.8. The fourth-order valence-electron chi connectivity index (χ4n) is 2.97. The molecule has 0 radical (unpaired) electrons. The summed E-state index contributed by atoms with van der Waals surface area (Å²) >= 11 is 5.01. The van der Waals surface area contributed by atoms with Gasteiger partial charge in [0.1, 0.15) is 0 Å². The molecule has 2 aromatic rings. The first-order chi connectivity index (χ1) is 12.6. The van der Waals surface area contributed by atoms with E-state index in [4.69, 9.17) is 0 Å². The molecule has 0 saturated carbocycles. The molecule has 6 heteroatoms. The summed E-state index contributed by atoms with van der Waals surface area (Å²) in [4.78, 5) is 27.5. The average molecular weight is 433 g/mol. The molecule has 2 amide bonds. The van der Waals surface area contributed by atoms with Gasteiger partial charge in [-0.25, -0.2) is 0 Å². The first-order valence-corrected chi connectivity index (χ1v) is 10.3. The van der Waals surface area contributed by atoms with Gasteiger partial charge in [0, 0.05) is 36.5 Å². The summed E-state index contributed by atoms with van der Waals surface area (Å²) in [5, 5.41) is 3.00. The van der Waals surface area contributed by atoms with Crippen LogP contribution in [0.1, 0.15) is 23.3 Å². The lowest BCUT2D eigenvalue weighted by atomic mass is 9.95. The van der Waals surface area contributed by atoms with Crippen LogP contribution in [-0.2, 0) is 16.1 Å². The van der Waals surface area contributed by atoms with Gasteiger partial charge in [0.15, 0.2) is 0 Å². The molecule has 0 spiro atoms. The number of halogens is 1. The Hall–Kier alpha value is -1.92. The molecule has 4 nitrogen and oxygen atoms in total. The standard InChI is InChI=1S/C20H21BrN2O2S/c21-18-8-6-17(26-18)7-9-19(24)23-12-10-16(11-13-23)20(25)22-14-15-4-2-1-3-5-15/h1-9,16H,10-14H2,(H,22,25)/b9-7+. The van der Waals surface area contributed by atoms with Crippen molar-refractivity contribution in [3.05, 3.63) is 62.8 Å². The van der Waals surface area contributed by atoms with E-state index in [1.165, 1.54) is 0 Å². The fraction of sp³-hybridized carbons (Fsp3) is 0.300. The number of nitrogens with one attached hydrogen (secondary N) is 1. The van der Waals surface area contributed by atoms with Crippen molar-refractivity contribution in [3.8, 4) is 0 Å². The van der Waals surface area contributed by atoms with Crippen LogP contribution in [-0.4, -0.2) is 29.8 Å². The number of piperidine rings is 1. The number of thiophene rings is 1. The van der Waals surface area contributed by atoms with E-state index in [9.17, 15) is 9.59 Å². The Balaban J connectivity index is 1.43. The highest BCUT2D eigenvalue weighted by molar-refractivity contribution is 9.11. The Labute approximate surface area is 166 Å².